The topological polar surface area (TPSA) is 52.7 Å². The highest BCUT2D eigenvalue weighted by Crippen LogP contribution is 2.17. The molecule has 22 heavy (non-hydrogen) atoms. The van der Waals surface area contributed by atoms with Crippen LogP contribution in [0.15, 0.2) is 17.5 Å². The van der Waals surface area contributed by atoms with Crippen LogP contribution in [0.3, 0.4) is 0 Å². The van der Waals surface area contributed by atoms with Crippen molar-refractivity contribution in [3.05, 3.63) is 22.4 Å². The molecule has 0 aliphatic carbocycles. The van der Waals surface area contributed by atoms with Crippen LogP contribution in [0.2, 0.25) is 0 Å². The summed E-state index contributed by atoms with van der Waals surface area (Å²) in [4.78, 5) is 29.6. The molecule has 5 nitrogen and oxygen atoms in total. The summed E-state index contributed by atoms with van der Waals surface area (Å²) in [5.74, 6) is 0.265. The van der Waals surface area contributed by atoms with Crippen LogP contribution in [0.25, 0.3) is 0 Å². The van der Waals surface area contributed by atoms with E-state index in [1.807, 2.05) is 4.90 Å². The summed E-state index contributed by atoms with van der Waals surface area (Å²) in [6, 6.07) is 4.26. The summed E-state index contributed by atoms with van der Waals surface area (Å²) in [5, 5.41) is 4.92. The average Bonchev–Trinajstić information content (AvgIpc) is 2.92. The van der Waals surface area contributed by atoms with Gasteiger partial charge >= 0.3 is 0 Å². The van der Waals surface area contributed by atoms with Gasteiger partial charge in [-0.25, -0.2) is 0 Å². The van der Waals surface area contributed by atoms with Crippen LogP contribution in [-0.4, -0.2) is 54.3 Å². The van der Waals surface area contributed by atoms with E-state index in [0.29, 0.717) is 19.4 Å². The summed E-state index contributed by atoms with van der Waals surface area (Å²) in [5.41, 5.74) is 0. The SMILES string of the molecule is O=C1CCC(C(=O)N2CCCN(Cc3cccs3)CC2)CN1. The number of amides is 2. The molecular formula is C16H23N3O2S. The summed E-state index contributed by atoms with van der Waals surface area (Å²) in [7, 11) is 0. The van der Waals surface area contributed by atoms with Crippen molar-refractivity contribution >= 4 is 23.2 Å². The highest BCUT2D eigenvalue weighted by atomic mass is 32.1. The van der Waals surface area contributed by atoms with E-state index in [-0.39, 0.29) is 17.7 Å². The summed E-state index contributed by atoms with van der Waals surface area (Å²) >= 11 is 1.79. The van der Waals surface area contributed by atoms with Crippen molar-refractivity contribution in [2.75, 3.05) is 32.7 Å². The molecule has 2 saturated heterocycles. The maximum atomic E-state index is 12.6. The van der Waals surface area contributed by atoms with Crippen LogP contribution in [0, 0.1) is 5.92 Å². The van der Waals surface area contributed by atoms with E-state index in [4.69, 9.17) is 0 Å². The lowest BCUT2D eigenvalue weighted by molar-refractivity contribution is -0.137. The zero-order chi connectivity index (χ0) is 15.4. The second-order valence-corrected chi connectivity index (χ2v) is 7.11. The van der Waals surface area contributed by atoms with Gasteiger partial charge in [0.05, 0.1) is 5.92 Å². The second-order valence-electron chi connectivity index (χ2n) is 6.07. The molecule has 1 N–H and O–H groups in total. The number of carbonyl (C=O) groups is 2. The molecule has 0 bridgehead atoms. The van der Waals surface area contributed by atoms with Gasteiger partial charge in [-0.05, 0) is 24.3 Å². The van der Waals surface area contributed by atoms with Gasteiger partial charge in [-0.3, -0.25) is 14.5 Å². The molecular weight excluding hydrogens is 298 g/mol. The molecule has 0 aromatic carbocycles. The number of nitrogens with one attached hydrogen (secondary N) is 1. The van der Waals surface area contributed by atoms with Gasteiger partial charge in [-0.1, -0.05) is 6.07 Å². The summed E-state index contributed by atoms with van der Waals surface area (Å²) < 4.78 is 0. The number of carbonyl (C=O) groups excluding carboxylic acids is 2. The van der Waals surface area contributed by atoms with Crippen molar-refractivity contribution in [2.45, 2.75) is 25.8 Å². The van der Waals surface area contributed by atoms with E-state index in [9.17, 15) is 9.59 Å². The first-order valence-corrected chi connectivity index (χ1v) is 8.90. The Bertz CT molecular complexity index is 507. The third-order valence-corrected chi connectivity index (χ3v) is 5.34. The predicted molar refractivity (Wildman–Crippen MR) is 86.5 cm³/mol. The van der Waals surface area contributed by atoms with Gasteiger partial charge in [-0.15, -0.1) is 11.3 Å². The number of hydrogen-bond acceptors (Lipinski definition) is 4. The second kappa shape index (κ2) is 7.24. The van der Waals surface area contributed by atoms with Gasteiger partial charge in [0.1, 0.15) is 0 Å². The van der Waals surface area contributed by atoms with Gasteiger partial charge in [-0.2, -0.15) is 0 Å². The average molecular weight is 321 g/mol. The lowest BCUT2D eigenvalue weighted by Crippen LogP contribution is -2.45. The molecule has 0 saturated carbocycles. The van der Waals surface area contributed by atoms with Crippen molar-refractivity contribution in [1.29, 1.82) is 0 Å². The molecule has 0 spiro atoms. The maximum Gasteiger partial charge on any atom is 0.227 e. The van der Waals surface area contributed by atoms with Crippen LogP contribution in [0.1, 0.15) is 24.1 Å². The quantitative estimate of drug-likeness (QED) is 0.913. The Morgan fingerprint density at radius 2 is 2.23 bits per heavy atom. The monoisotopic (exact) mass is 321 g/mol. The smallest absolute Gasteiger partial charge is 0.227 e. The first-order chi connectivity index (χ1) is 10.7. The molecule has 2 aliphatic heterocycles. The first kappa shape index (κ1) is 15.5. The third-order valence-electron chi connectivity index (χ3n) is 4.47. The van der Waals surface area contributed by atoms with Gasteiger partial charge < -0.3 is 10.2 Å². The molecule has 2 amide bonds. The lowest BCUT2D eigenvalue weighted by Gasteiger charge is -2.28. The van der Waals surface area contributed by atoms with E-state index in [0.717, 1.165) is 39.1 Å². The minimum atomic E-state index is -0.0263. The number of piperidine rings is 1. The fourth-order valence-corrected chi connectivity index (χ4v) is 3.92. The molecule has 1 aromatic rings. The molecule has 2 fully saturated rings. The molecule has 3 heterocycles. The van der Waals surface area contributed by atoms with Crippen molar-refractivity contribution < 1.29 is 9.59 Å². The van der Waals surface area contributed by atoms with Crippen LogP contribution in [-0.2, 0) is 16.1 Å². The Morgan fingerprint density at radius 3 is 2.95 bits per heavy atom. The first-order valence-electron chi connectivity index (χ1n) is 8.02. The van der Waals surface area contributed by atoms with E-state index >= 15 is 0 Å². The third kappa shape index (κ3) is 3.87. The van der Waals surface area contributed by atoms with Gasteiger partial charge in [0.25, 0.3) is 0 Å². The Kier molecular flexibility index (Phi) is 5.10. The highest BCUT2D eigenvalue weighted by molar-refractivity contribution is 7.09. The fraction of sp³-hybridized carbons (Fsp3) is 0.625. The molecule has 2 aliphatic rings. The molecule has 1 aromatic heterocycles. The molecule has 1 atom stereocenters. The van der Waals surface area contributed by atoms with E-state index in [2.05, 4.69) is 27.7 Å². The van der Waals surface area contributed by atoms with Crippen molar-refractivity contribution in [3.63, 3.8) is 0 Å². The number of hydrogen-bond donors (Lipinski definition) is 1. The Morgan fingerprint density at radius 1 is 1.32 bits per heavy atom. The zero-order valence-electron chi connectivity index (χ0n) is 12.8. The highest BCUT2D eigenvalue weighted by Gasteiger charge is 2.29. The number of nitrogens with zero attached hydrogens (tertiary/aromatic N) is 2. The minimum Gasteiger partial charge on any atom is -0.355 e. The fourth-order valence-electron chi connectivity index (χ4n) is 3.17. The molecule has 120 valence electrons. The van der Waals surface area contributed by atoms with E-state index in [1.54, 1.807) is 11.3 Å². The molecule has 3 rings (SSSR count). The molecule has 0 radical (unpaired) electrons. The molecule has 1 unspecified atom stereocenters. The van der Waals surface area contributed by atoms with Gasteiger partial charge in [0.2, 0.25) is 11.8 Å². The van der Waals surface area contributed by atoms with Crippen molar-refractivity contribution in [1.82, 2.24) is 15.1 Å². The summed E-state index contributed by atoms with van der Waals surface area (Å²) in [6.45, 7) is 5.11. The summed E-state index contributed by atoms with van der Waals surface area (Å²) in [6.07, 6.45) is 2.20. The number of thiophene rings is 1. The normalized spacial score (nSPS) is 23.9. The Hall–Kier alpha value is -1.40. The van der Waals surface area contributed by atoms with Crippen LogP contribution >= 0.6 is 11.3 Å². The Balaban J connectivity index is 1.51. The zero-order valence-corrected chi connectivity index (χ0v) is 13.6. The maximum absolute atomic E-state index is 12.6. The predicted octanol–water partition coefficient (Wildman–Crippen LogP) is 1.31. The molecule has 6 heteroatoms. The largest absolute Gasteiger partial charge is 0.355 e. The van der Waals surface area contributed by atoms with Gasteiger partial charge in [0.15, 0.2) is 0 Å². The van der Waals surface area contributed by atoms with Crippen LogP contribution in [0.5, 0.6) is 0 Å². The van der Waals surface area contributed by atoms with Crippen LogP contribution in [0.4, 0.5) is 0 Å². The van der Waals surface area contributed by atoms with E-state index < -0.39 is 0 Å². The standard InChI is InChI=1S/C16H23N3O2S/c20-15-5-4-13(11-17-15)16(21)19-7-2-6-18(8-9-19)12-14-3-1-10-22-14/h1,3,10,13H,2,4-9,11-12H2,(H,17,20). The van der Waals surface area contributed by atoms with Crippen LogP contribution < -0.4 is 5.32 Å². The van der Waals surface area contributed by atoms with E-state index in [1.165, 1.54) is 4.88 Å². The van der Waals surface area contributed by atoms with Crippen molar-refractivity contribution in [2.24, 2.45) is 5.92 Å². The van der Waals surface area contributed by atoms with Crippen molar-refractivity contribution in [3.8, 4) is 0 Å². The minimum absolute atomic E-state index is 0.0263. The van der Waals surface area contributed by atoms with Gasteiger partial charge in [0, 0.05) is 50.6 Å². The number of rotatable bonds is 3. The Labute approximate surface area is 135 Å². The lowest BCUT2D eigenvalue weighted by atomic mass is 9.97.